The van der Waals surface area contributed by atoms with Crippen molar-refractivity contribution in [1.29, 1.82) is 0 Å². The van der Waals surface area contributed by atoms with E-state index in [1.165, 1.54) is 12.1 Å². The van der Waals surface area contributed by atoms with E-state index in [-0.39, 0.29) is 23.9 Å². The zero-order valence-corrected chi connectivity index (χ0v) is 23.9. The van der Waals surface area contributed by atoms with Crippen LogP contribution in [-0.2, 0) is 37.1 Å². The van der Waals surface area contributed by atoms with Crippen LogP contribution < -0.4 is 4.72 Å². The first-order chi connectivity index (χ1) is 19.1. The second kappa shape index (κ2) is 12.5. The minimum Gasteiger partial charge on any atom is -0.452 e. The summed E-state index contributed by atoms with van der Waals surface area (Å²) < 4.78 is 37.5. The number of nitrogens with one attached hydrogen (secondary N) is 2. The third-order valence-electron chi connectivity index (χ3n) is 6.26. The molecule has 0 radical (unpaired) electrons. The summed E-state index contributed by atoms with van der Waals surface area (Å²) in [5, 5.41) is 0.441. The minimum absolute atomic E-state index is 0.0266. The first-order valence-electron chi connectivity index (χ1n) is 12.8. The smallest absolute Gasteiger partial charge is 0.421 e. The number of carbonyl (C=O) groups excluding carboxylic acids is 2. The van der Waals surface area contributed by atoms with Crippen molar-refractivity contribution in [2.75, 3.05) is 6.61 Å². The van der Waals surface area contributed by atoms with Gasteiger partial charge in [-0.1, -0.05) is 67.4 Å². The molecule has 0 aliphatic rings. The lowest BCUT2D eigenvalue weighted by molar-refractivity contribution is -0.147. The van der Waals surface area contributed by atoms with Crippen molar-refractivity contribution in [1.82, 2.24) is 14.7 Å². The van der Waals surface area contributed by atoms with Crippen LogP contribution in [0.15, 0.2) is 65.6 Å². The van der Waals surface area contributed by atoms with Crippen LogP contribution in [0.4, 0.5) is 4.79 Å². The zero-order valence-electron chi connectivity index (χ0n) is 22.4. The van der Waals surface area contributed by atoms with Crippen LogP contribution in [-0.4, -0.2) is 37.1 Å². The fourth-order valence-corrected chi connectivity index (χ4v) is 5.18. The van der Waals surface area contributed by atoms with Crippen LogP contribution in [0.5, 0.6) is 0 Å². The normalized spacial score (nSPS) is 12.2. The molecule has 4 aromatic rings. The average Bonchev–Trinajstić information content (AvgIpc) is 3.33. The van der Waals surface area contributed by atoms with E-state index >= 15 is 0 Å². The van der Waals surface area contributed by atoms with Gasteiger partial charge in [0.15, 0.2) is 6.10 Å². The van der Waals surface area contributed by atoms with Crippen molar-refractivity contribution in [3.63, 3.8) is 0 Å². The number of sulfonamides is 1. The van der Waals surface area contributed by atoms with Gasteiger partial charge in [-0.05, 0) is 42.3 Å². The summed E-state index contributed by atoms with van der Waals surface area (Å²) in [5.74, 6) is 0.458. The topological polar surface area (TPSA) is 127 Å². The van der Waals surface area contributed by atoms with Gasteiger partial charge in [0.05, 0.1) is 27.6 Å². The van der Waals surface area contributed by atoms with Gasteiger partial charge < -0.3 is 14.5 Å². The predicted molar refractivity (Wildman–Crippen MR) is 152 cm³/mol. The Bertz CT molecular complexity index is 1620. The Morgan fingerprint density at radius 2 is 1.75 bits per heavy atom. The summed E-state index contributed by atoms with van der Waals surface area (Å²) in [6.45, 7) is 5.51. The van der Waals surface area contributed by atoms with Gasteiger partial charge in [0.25, 0.3) is 10.0 Å². The molecule has 0 aliphatic carbocycles. The maximum Gasteiger partial charge on any atom is 0.421 e. The molecule has 9 nitrogen and oxygen atoms in total. The molecule has 1 amide bonds. The summed E-state index contributed by atoms with van der Waals surface area (Å²) in [5.41, 5.74) is 4.59. The van der Waals surface area contributed by atoms with Crippen LogP contribution in [0, 0.1) is 6.92 Å². The Kier molecular flexibility index (Phi) is 9.11. The van der Waals surface area contributed by atoms with Gasteiger partial charge >= 0.3 is 12.1 Å². The summed E-state index contributed by atoms with van der Waals surface area (Å²) >= 11 is 6.61. The number of fused-ring (bicyclic) bond motifs is 1. The number of hydrogen-bond acceptors (Lipinski definition) is 7. The molecule has 0 saturated carbocycles. The molecule has 0 fully saturated rings. The Hall–Kier alpha value is -3.89. The molecule has 0 saturated heterocycles. The van der Waals surface area contributed by atoms with E-state index in [1.54, 1.807) is 25.1 Å². The Morgan fingerprint density at radius 1 is 1.05 bits per heavy atom. The van der Waals surface area contributed by atoms with Crippen molar-refractivity contribution in [2.45, 2.75) is 51.0 Å². The SMILES string of the molecule is CCC(=O)OC(c1ccc(CCOC(=O)NS(=O)(=O)c2ccc(C)cc2)cc1)c1cc2nc(CC)[nH]c2cc1Cl. The number of aromatic amines is 1. The van der Waals surface area contributed by atoms with E-state index in [4.69, 9.17) is 21.1 Å². The maximum absolute atomic E-state index is 12.4. The molecule has 40 heavy (non-hydrogen) atoms. The number of esters is 1. The lowest BCUT2D eigenvalue weighted by atomic mass is 9.99. The molecule has 1 heterocycles. The average molecular weight is 584 g/mol. The standard InChI is InChI=1S/C29H30ClN3O6S/c1-4-26-31-24-16-22(23(30)17-25(24)32-26)28(39-27(34)5-2)20-10-8-19(9-11-20)14-15-38-29(35)33-40(36,37)21-12-6-18(3)7-13-21/h6-13,16-17,28H,4-5,14-15H2,1-3H3,(H,31,32)(H,33,35). The van der Waals surface area contributed by atoms with Crippen molar-refractivity contribution in [3.05, 3.63) is 93.8 Å². The molecule has 1 aromatic heterocycles. The number of nitrogens with zero attached hydrogens (tertiary/aromatic N) is 1. The first kappa shape index (κ1) is 29.1. The molecule has 1 unspecified atom stereocenters. The van der Waals surface area contributed by atoms with Crippen LogP contribution in [0.1, 0.15) is 54.5 Å². The van der Waals surface area contributed by atoms with E-state index in [0.29, 0.717) is 22.6 Å². The molecule has 1 atom stereocenters. The van der Waals surface area contributed by atoms with Gasteiger partial charge in [0, 0.05) is 24.8 Å². The summed E-state index contributed by atoms with van der Waals surface area (Å²) in [6, 6.07) is 17.0. The van der Waals surface area contributed by atoms with E-state index in [9.17, 15) is 18.0 Å². The molecule has 210 valence electrons. The number of rotatable bonds is 10. The van der Waals surface area contributed by atoms with Crippen molar-refractivity contribution >= 4 is 44.7 Å². The molecule has 4 rings (SSSR count). The maximum atomic E-state index is 12.4. The first-order valence-corrected chi connectivity index (χ1v) is 14.7. The van der Waals surface area contributed by atoms with Gasteiger partial charge in [-0.3, -0.25) is 4.79 Å². The van der Waals surface area contributed by atoms with Crippen molar-refractivity contribution in [3.8, 4) is 0 Å². The molecule has 3 aromatic carbocycles. The zero-order chi connectivity index (χ0) is 28.9. The second-order valence-electron chi connectivity index (χ2n) is 9.20. The Labute approximate surface area is 237 Å². The highest BCUT2D eigenvalue weighted by Crippen LogP contribution is 2.34. The van der Waals surface area contributed by atoms with E-state index in [2.05, 4.69) is 9.97 Å². The highest BCUT2D eigenvalue weighted by atomic mass is 35.5. The van der Waals surface area contributed by atoms with Gasteiger partial charge in [0.2, 0.25) is 0 Å². The van der Waals surface area contributed by atoms with Crippen LogP contribution in [0.25, 0.3) is 11.0 Å². The molecular weight excluding hydrogens is 554 g/mol. The third-order valence-corrected chi connectivity index (χ3v) is 7.92. The number of hydrogen-bond donors (Lipinski definition) is 2. The Balaban J connectivity index is 1.43. The number of aromatic nitrogens is 2. The number of amides is 1. The largest absolute Gasteiger partial charge is 0.452 e. The summed E-state index contributed by atoms with van der Waals surface area (Å²) in [4.78, 5) is 32.1. The minimum atomic E-state index is -4.03. The lowest BCUT2D eigenvalue weighted by Gasteiger charge is -2.20. The quantitative estimate of drug-likeness (QED) is 0.226. The highest BCUT2D eigenvalue weighted by molar-refractivity contribution is 7.90. The van der Waals surface area contributed by atoms with Crippen LogP contribution in [0.3, 0.4) is 0 Å². The van der Waals surface area contributed by atoms with Gasteiger partial charge in [-0.2, -0.15) is 0 Å². The van der Waals surface area contributed by atoms with Crippen LogP contribution >= 0.6 is 11.6 Å². The summed E-state index contributed by atoms with van der Waals surface area (Å²) in [6.07, 6.45) is -0.508. The predicted octanol–water partition coefficient (Wildman–Crippen LogP) is 5.79. The number of aryl methyl sites for hydroxylation is 2. The van der Waals surface area contributed by atoms with E-state index in [0.717, 1.165) is 34.4 Å². The molecular formula is C29H30ClN3O6S. The summed E-state index contributed by atoms with van der Waals surface area (Å²) in [7, 11) is -4.03. The number of ether oxygens (including phenoxy) is 2. The van der Waals surface area contributed by atoms with Gasteiger partial charge in [0.1, 0.15) is 5.82 Å². The van der Waals surface area contributed by atoms with Crippen molar-refractivity contribution in [2.24, 2.45) is 0 Å². The lowest BCUT2D eigenvalue weighted by Crippen LogP contribution is -2.31. The van der Waals surface area contributed by atoms with E-state index in [1.807, 2.05) is 48.9 Å². The number of imidazole rings is 1. The molecule has 11 heteroatoms. The molecule has 0 aliphatic heterocycles. The monoisotopic (exact) mass is 583 g/mol. The number of H-pyrrole nitrogens is 1. The third kappa shape index (κ3) is 7.00. The Morgan fingerprint density at radius 3 is 2.40 bits per heavy atom. The van der Waals surface area contributed by atoms with E-state index < -0.39 is 22.2 Å². The number of carbonyl (C=O) groups is 2. The number of benzene rings is 3. The molecule has 0 bridgehead atoms. The van der Waals surface area contributed by atoms with Crippen LogP contribution in [0.2, 0.25) is 5.02 Å². The molecule has 0 spiro atoms. The fraction of sp³-hybridized carbons (Fsp3) is 0.276. The second-order valence-corrected chi connectivity index (χ2v) is 11.3. The van der Waals surface area contributed by atoms with Gasteiger partial charge in [-0.25, -0.2) is 22.9 Å². The molecule has 2 N–H and O–H groups in total. The number of halogens is 1. The van der Waals surface area contributed by atoms with Gasteiger partial charge in [-0.15, -0.1) is 0 Å². The van der Waals surface area contributed by atoms with Crippen molar-refractivity contribution < 1.29 is 27.5 Å². The fourth-order valence-electron chi connectivity index (χ4n) is 4.03. The highest BCUT2D eigenvalue weighted by Gasteiger charge is 2.23.